The Hall–Kier alpha value is -1.36. The molecule has 0 bridgehead atoms. The van der Waals surface area contributed by atoms with Crippen LogP contribution in [0.3, 0.4) is 0 Å². The van der Waals surface area contributed by atoms with E-state index in [1.165, 1.54) is 6.42 Å². The van der Waals surface area contributed by atoms with Crippen molar-refractivity contribution in [2.75, 3.05) is 13.1 Å². The number of hydrogen-bond acceptors (Lipinski definition) is 3. The molecule has 5 nitrogen and oxygen atoms in total. The van der Waals surface area contributed by atoms with Gasteiger partial charge in [0, 0.05) is 38.6 Å². The third kappa shape index (κ3) is 2.56. The molecule has 0 aliphatic carbocycles. The summed E-state index contributed by atoms with van der Waals surface area (Å²) in [4.78, 5) is 22.3. The van der Waals surface area contributed by atoms with Gasteiger partial charge in [0.2, 0.25) is 5.91 Å². The summed E-state index contributed by atoms with van der Waals surface area (Å²) in [6, 6.07) is 0.544. The number of imidazole rings is 1. The standard InChI is InChI=1S/C17H28N4O/c1-12(2)20-10-8-14-15(19(4)11-18-14)16(20)17(22)21-9-6-5-7-13(21)3/h11-13,16H,5-10H2,1-4H3/t13-,16+/m1/s1. The highest BCUT2D eigenvalue weighted by molar-refractivity contribution is 5.84. The first-order chi connectivity index (χ1) is 10.5. The predicted octanol–water partition coefficient (Wildman–Crippen LogP) is 2.13. The quantitative estimate of drug-likeness (QED) is 0.840. The second-order valence-electron chi connectivity index (χ2n) is 7.05. The van der Waals surface area contributed by atoms with E-state index in [9.17, 15) is 4.79 Å². The Balaban J connectivity index is 1.96. The van der Waals surface area contributed by atoms with E-state index in [2.05, 4.69) is 35.6 Å². The smallest absolute Gasteiger partial charge is 0.246 e. The first-order valence-corrected chi connectivity index (χ1v) is 8.57. The number of fused-ring (bicyclic) bond motifs is 1. The molecule has 122 valence electrons. The number of amides is 1. The number of hydrogen-bond donors (Lipinski definition) is 0. The normalized spacial score (nSPS) is 26.3. The number of likely N-dealkylation sites (tertiary alicyclic amines) is 1. The monoisotopic (exact) mass is 304 g/mol. The Kier molecular flexibility index (Phi) is 4.26. The zero-order valence-corrected chi connectivity index (χ0v) is 14.2. The molecule has 1 aromatic heterocycles. The largest absolute Gasteiger partial charge is 0.338 e. The minimum absolute atomic E-state index is 0.170. The van der Waals surface area contributed by atoms with Crippen molar-refractivity contribution >= 4 is 5.91 Å². The summed E-state index contributed by atoms with van der Waals surface area (Å²) in [5.74, 6) is 0.269. The summed E-state index contributed by atoms with van der Waals surface area (Å²) >= 11 is 0. The van der Waals surface area contributed by atoms with Gasteiger partial charge in [-0.15, -0.1) is 0 Å². The van der Waals surface area contributed by atoms with Gasteiger partial charge in [-0.3, -0.25) is 9.69 Å². The highest BCUT2D eigenvalue weighted by atomic mass is 16.2. The maximum atomic E-state index is 13.3. The van der Waals surface area contributed by atoms with E-state index in [1.807, 2.05) is 17.9 Å². The fourth-order valence-electron chi connectivity index (χ4n) is 3.95. The van der Waals surface area contributed by atoms with Crippen molar-refractivity contribution in [1.82, 2.24) is 19.4 Å². The van der Waals surface area contributed by atoms with Crippen molar-refractivity contribution in [2.45, 2.75) is 64.6 Å². The summed E-state index contributed by atoms with van der Waals surface area (Å²) in [5, 5.41) is 0. The number of carbonyl (C=O) groups is 1. The van der Waals surface area contributed by atoms with E-state index < -0.39 is 0 Å². The summed E-state index contributed by atoms with van der Waals surface area (Å²) in [7, 11) is 2.01. The summed E-state index contributed by atoms with van der Waals surface area (Å²) in [6.45, 7) is 8.36. The van der Waals surface area contributed by atoms with Gasteiger partial charge in [-0.1, -0.05) is 0 Å². The van der Waals surface area contributed by atoms with Gasteiger partial charge in [0.15, 0.2) is 0 Å². The minimum Gasteiger partial charge on any atom is -0.338 e. The third-order valence-electron chi connectivity index (χ3n) is 5.24. The average molecular weight is 304 g/mol. The molecular formula is C17H28N4O. The van der Waals surface area contributed by atoms with Gasteiger partial charge >= 0.3 is 0 Å². The molecule has 5 heteroatoms. The van der Waals surface area contributed by atoms with Crippen molar-refractivity contribution in [3.8, 4) is 0 Å². The maximum Gasteiger partial charge on any atom is 0.246 e. The van der Waals surface area contributed by atoms with Gasteiger partial charge < -0.3 is 9.47 Å². The second kappa shape index (κ2) is 6.03. The molecule has 3 heterocycles. The topological polar surface area (TPSA) is 41.4 Å². The molecule has 3 rings (SSSR count). The molecule has 1 amide bonds. The molecule has 0 unspecified atom stereocenters. The van der Waals surface area contributed by atoms with E-state index in [-0.39, 0.29) is 11.9 Å². The Morgan fingerprint density at radius 1 is 1.32 bits per heavy atom. The third-order valence-corrected chi connectivity index (χ3v) is 5.24. The van der Waals surface area contributed by atoms with E-state index in [0.29, 0.717) is 12.1 Å². The van der Waals surface area contributed by atoms with E-state index in [4.69, 9.17) is 0 Å². The lowest BCUT2D eigenvalue weighted by atomic mass is 9.96. The van der Waals surface area contributed by atoms with Crippen LogP contribution in [0.2, 0.25) is 0 Å². The molecule has 2 aliphatic rings. The molecule has 22 heavy (non-hydrogen) atoms. The zero-order chi connectivity index (χ0) is 15.9. The molecule has 0 spiro atoms. The molecular weight excluding hydrogens is 276 g/mol. The van der Waals surface area contributed by atoms with Crippen LogP contribution in [0.4, 0.5) is 0 Å². The van der Waals surface area contributed by atoms with Crippen LogP contribution < -0.4 is 0 Å². The first kappa shape index (κ1) is 15.5. The van der Waals surface area contributed by atoms with Crippen LogP contribution in [-0.4, -0.2) is 50.4 Å². The second-order valence-corrected chi connectivity index (χ2v) is 7.05. The Morgan fingerprint density at radius 2 is 2.09 bits per heavy atom. The van der Waals surface area contributed by atoms with Gasteiger partial charge in [-0.25, -0.2) is 4.98 Å². The van der Waals surface area contributed by atoms with Gasteiger partial charge in [-0.2, -0.15) is 0 Å². The van der Waals surface area contributed by atoms with E-state index in [0.717, 1.165) is 43.7 Å². The van der Waals surface area contributed by atoms with Crippen molar-refractivity contribution in [3.63, 3.8) is 0 Å². The van der Waals surface area contributed by atoms with Crippen molar-refractivity contribution in [3.05, 3.63) is 17.7 Å². The van der Waals surface area contributed by atoms with E-state index >= 15 is 0 Å². The zero-order valence-electron chi connectivity index (χ0n) is 14.2. The molecule has 1 saturated heterocycles. The van der Waals surface area contributed by atoms with Gasteiger partial charge in [0.05, 0.1) is 17.7 Å². The Bertz CT molecular complexity index is 551. The molecule has 0 radical (unpaired) electrons. The molecule has 2 aliphatic heterocycles. The number of carbonyl (C=O) groups excluding carboxylic acids is 1. The van der Waals surface area contributed by atoms with Crippen molar-refractivity contribution in [2.24, 2.45) is 7.05 Å². The summed E-state index contributed by atoms with van der Waals surface area (Å²) in [6.07, 6.45) is 6.28. The van der Waals surface area contributed by atoms with Crippen LogP contribution in [0, 0.1) is 0 Å². The van der Waals surface area contributed by atoms with Crippen LogP contribution in [0.15, 0.2) is 6.33 Å². The van der Waals surface area contributed by atoms with Gasteiger partial charge in [0.25, 0.3) is 0 Å². The highest BCUT2D eigenvalue weighted by Crippen LogP contribution is 2.33. The molecule has 1 aromatic rings. The lowest BCUT2D eigenvalue weighted by Crippen LogP contribution is -2.52. The number of rotatable bonds is 2. The van der Waals surface area contributed by atoms with Gasteiger partial charge in [-0.05, 0) is 40.0 Å². The molecule has 2 atom stereocenters. The fraction of sp³-hybridized carbons (Fsp3) is 0.765. The Morgan fingerprint density at radius 3 is 2.77 bits per heavy atom. The Labute approximate surface area is 133 Å². The van der Waals surface area contributed by atoms with Crippen LogP contribution >= 0.6 is 0 Å². The maximum absolute atomic E-state index is 13.3. The molecule has 0 aromatic carbocycles. The number of piperidine rings is 1. The fourth-order valence-corrected chi connectivity index (χ4v) is 3.95. The van der Waals surface area contributed by atoms with Crippen LogP contribution in [0.25, 0.3) is 0 Å². The van der Waals surface area contributed by atoms with Crippen LogP contribution in [0.1, 0.15) is 57.5 Å². The lowest BCUT2D eigenvalue weighted by Gasteiger charge is -2.42. The van der Waals surface area contributed by atoms with E-state index in [1.54, 1.807) is 0 Å². The van der Waals surface area contributed by atoms with Crippen molar-refractivity contribution in [1.29, 1.82) is 0 Å². The highest BCUT2D eigenvalue weighted by Gasteiger charge is 2.40. The lowest BCUT2D eigenvalue weighted by molar-refractivity contribution is -0.142. The predicted molar refractivity (Wildman–Crippen MR) is 86.5 cm³/mol. The molecule has 1 fully saturated rings. The number of nitrogens with zero attached hydrogens (tertiary/aromatic N) is 4. The SMILES string of the molecule is CC(C)N1CCc2ncn(C)c2[C@H]1C(=O)N1CCCC[C@H]1C. The number of aryl methyl sites for hydroxylation is 1. The first-order valence-electron chi connectivity index (χ1n) is 8.57. The average Bonchev–Trinajstić information content (AvgIpc) is 2.87. The molecule has 0 N–H and O–H groups in total. The number of aromatic nitrogens is 2. The minimum atomic E-state index is -0.170. The van der Waals surface area contributed by atoms with Gasteiger partial charge in [0.1, 0.15) is 6.04 Å². The summed E-state index contributed by atoms with van der Waals surface area (Å²) < 4.78 is 2.04. The molecule has 0 saturated carbocycles. The van der Waals surface area contributed by atoms with Crippen molar-refractivity contribution < 1.29 is 4.79 Å². The summed E-state index contributed by atoms with van der Waals surface area (Å²) in [5.41, 5.74) is 2.20. The van der Waals surface area contributed by atoms with Crippen LogP contribution in [-0.2, 0) is 18.3 Å². The van der Waals surface area contributed by atoms with Crippen LogP contribution in [0.5, 0.6) is 0 Å².